The van der Waals surface area contributed by atoms with Gasteiger partial charge in [-0.25, -0.2) is 29.9 Å². The Morgan fingerprint density at radius 1 is 0.235 bits per heavy atom. The van der Waals surface area contributed by atoms with Gasteiger partial charge < -0.3 is 13.7 Å². The molecule has 11 aromatic carbocycles. The molecule has 0 aliphatic carbocycles. The van der Waals surface area contributed by atoms with Gasteiger partial charge >= 0.3 is 0 Å². The largest absolute Gasteiger partial charge is 0.309 e. The van der Waals surface area contributed by atoms with Crippen LogP contribution in [-0.2, 0) is 0 Å². The van der Waals surface area contributed by atoms with E-state index in [0.29, 0.717) is 68.3 Å². The first-order chi connectivity index (χ1) is 42.1. The normalized spacial score (nSPS) is 11.5. The molecule has 0 fully saturated rings. The Labute approximate surface area is 486 Å². The molecule has 0 amide bonds. The molecular formula is C74H43N11. The number of benzene rings is 11. The number of aromatic nitrogens is 9. The zero-order valence-electron chi connectivity index (χ0n) is 45.2. The maximum absolute atomic E-state index is 10.6. The van der Waals surface area contributed by atoms with Crippen molar-refractivity contribution in [1.29, 1.82) is 10.5 Å². The van der Waals surface area contributed by atoms with Crippen LogP contribution in [0.15, 0.2) is 261 Å². The van der Waals surface area contributed by atoms with Gasteiger partial charge in [-0.2, -0.15) is 10.5 Å². The molecule has 394 valence electrons. The average molecular weight is 1090 g/mol. The fourth-order valence-corrected chi connectivity index (χ4v) is 12.2. The number of hydrogen-bond donors (Lipinski definition) is 0. The Morgan fingerprint density at radius 3 is 0.894 bits per heavy atom. The van der Waals surface area contributed by atoms with E-state index in [-0.39, 0.29) is 0 Å². The van der Waals surface area contributed by atoms with Gasteiger partial charge in [0.2, 0.25) is 0 Å². The van der Waals surface area contributed by atoms with E-state index in [1.807, 2.05) is 133 Å². The van der Waals surface area contributed by atoms with E-state index in [1.54, 1.807) is 0 Å². The first-order valence-corrected chi connectivity index (χ1v) is 27.9. The van der Waals surface area contributed by atoms with Crippen molar-refractivity contribution in [1.82, 2.24) is 43.6 Å². The third kappa shape index (κ3) is 8.03. The van der Waals surface area contributed by atoms with Crippen molar-refractivity contribution in [3.8, 4) is 97.5 Å². The molecule has 0 saturated heterocycles. The number of fused-ring (bicyclic) bond motifs is 9. The average Bonchev–Trinajstić information content (AvgIpc) is 3.35. The molecule has 0 bridgehead atoms. The summed E-state index contributed by atoms with van der Waals surface area (Å²) in [6.07, 6.45) is 0. The molecule has 0 spiro atoms. The highest BCUT2D eigenvalue weighted by Crippen LogP contribution is 2.42. The number of nitriles is 2. The summed E-state index contributed by atoms with van der Waals surface area (Å²) in [5.74, 6) is 2.54. The second-order valence-corrected chi connectivity index (χ2v) is 20.9. The molecule has 0 aliphatic heterocycles. The highest BCUT2D eigenvalue weighted by molar-refractivity contribution is 6.12. The Hall–Kier alpha value is -12.2. The van der Waals surface area contributed by atoms with Crippen LogP contribution in [-0.4, -0.2) is 43.6 Å². The lowest BCUT2D eigenvalue weighted by atomic mass is 10.0. The van der Waals surface area contributed by atoms with Crippen molar-refractivity contribution >= 4 is 65.4 Å². The molecule has 11 nitrogen and oxygen atoms in total. The van der Waals surface area contributed by atoms with Crippen LogP contribution in [0, 0.1) is 22.7 Å². The van der Waals surface area contributed by atoms with Crippen LogP contribution in [0.2, 0.25) is 0 Å². The van der Waals surface area contributed by atoms with Gasteiger partial charge in [-0.3, -0.25) is 0 Å². The lowest BCUT2D eigenvalue weighted by molar-refractivity contribution is 1.05. The van der Waals surface area contributed by atoms with Crippen LogP contribution >= 0.6 is 0 Å². The van der Waals surface area contributed by atoms with E-state index in [0.717, 1.165) is 93.6 Å². The first kappa shape index (κ1) is 48.7. The second kappa shape index (κ2) is 19.8. The van der Waals surface area contributed by atoms with Crippen molar-refractivity contribution in [3.05, 3.63) is 272 Å². The molecule has 5 aromatic heterocycles. The number of para-hydroxylation sites is 6. The van der Waals surface area contributed by atoms with Gasteiger partial charge in [0.1, 0.15) is 0 Å². The molecule has 0 saturated carbocycles. The second-order valence-electron chi connectivity index (χ2n) is 20.9. The van der Waals surface area contributed by atoms with E-state index in [9.17, 15) is 10.5 Å². The highest BCUT2D eigenvalue weighted by atomic mass is 15.1. The van der Waals surface area contributed by atoms with Crippen LogP contribution < -0.4 is 0 Å². The summed E-state index contributed by atoms with van der Waals surface area (Å²) in [5.41, 5.74) is 13.6. The minimum absolute atomic E-state index is 0.392. The molecule has 0 radical (unpaired) electrons. The van der Waals surface area contributed by atoms with E-state index < -0.39 is 0 Å². The Balaban J connectivity index is 0.967. The van der Waals surface area contributed by atoms with E-state index in [1.165, 1.54) is 0 Å². The summed E-state index contributed by atoms with van der Waals surface area (Å²) >= 11 is 0. The van der Waals surface area contributed by atoms with E-state index in [4.69, 9.17) is 29.9 Å². The SMILES string of the molecule is N#Cc1ccc(-n2c3ccccc3c3ccccc32)c(-c2nc(-c3ccccc3)nc(-c3ccc(-c4nc(-c5ccccc5)nc(-c5cc(C#N)ccc5-n5c6ccccc6c6ccccc65)n4)c(-n4c5ccccc5c5ccccc54)c3)n2)c1. The molecule has 0 aliphatic rings. The molecule has 85 heavy (non-hydrogen) atoms. The summed E-state index contributed by atoms with van der Waals surface area (Å²) in [6, 6.07) is 92.6. The van der Waals surface area contributed by atoms with Gasteiger partial charge in [0.15, 0.2) is 34.9 Å². The van der Waals surface area contributed by atoms with Crippen LogP contribution in [0.3, 0.4) is 0 Å². The lowest BCUT2D eigenvalue weighted by Gasteiger charge is -2.18. The quantitative estimate of drug-likeness (QED) is 0.139. The van der Waals surface area contributed by atoms with Crippen molar-refractivity contribution in [2.45, 2.75) is 0 Å². The minimum atomic E-state index is 0.392. The Bertz CT molecular complexity index is 5310. The van der Waals surface area contributed by atoms with E-state index in [2.05, 4.69) is 153 Å². The van der Waals surface area contributed by atoms with Crippen LogP contribution in [0.25, 0.3) is 151 Å². The number of nitrogens with zero attached hydrogens (tertiary/aromatic N) is 11. The molecule has 0 unspecified atom stereocenters. The summed E-state index contributed by atoms with van der Waals surface area (Å²) in [7, 11) is 0. The monoisotopic (exact) mass is 1090 g/mol. The summed E-state index contributed by atoms with van der Waals surface area (Å²) in [6.45, 7) is 0. The molecule has 16 aromatic rings. The molecule has 0 atom stereocenters. The molecule has 0 N–H and O–H groups in total. The van der Waals surface area contributed by atoms with Crippen LogP contribution in [0.1, 0.15) is 11.1 Å². The zero-order chi connectivity index (χ0) is 56.5. The standard InChI is InChI=1S/C74H43N11/c75-44-46-35-39-66(83-60-29-13-7-23-51(60)52-24-8-14-30-61(52)83)58(41-46)73-79-69(48-19-3-1-4-20-48)77-71(81-73)50-37-38-57(68(43-50)85-64-33-17-11-27-55(64)56-28-12-18-34-65(56)85)72-78-70(49-21-5-2-6-22-49)80-74(82-72)59-42-47(45-76)36-40-67(59)84-62-31-15-9-25-53(62)54-26-10-16-32-63(54)84/h1-43H. The number of rotatable bonds is 9. The van der Waals surface area contributed by atoms with E-state index >= 15 is 0 Å². The van der Waals surface area contributed by atoms with Gasteiger partial charge in [-0.15, -0.1) is 0 Å². The Kier molecular flexibility index (Phi) is 11.4. The van der Waals surface area contributed by atoms with Crippen molar-refractivity contribution in [3.63, 3.8) is 0 Å². The fourth-order valence-electron chi connectivity index (χ4n) is 12.2. The molecule has 16 rings (SSSR count). The summed E-state index contributed by atoms with van der Waals surface area (Å²) in [4.78, 5) is 32.2. The van der Waals surface area contributed by atoms with Gasteiger partial charge in [0.25, 0.3) is 0 Å². The predicted octanol–water partition coefficient (Wildman–Crippen LogP) is 17.1. The molecule has 5 heterocycles. The van der Waals surface area contributed by atoms with Crippen LogP contribution in [0.4, 0.5) is 0 Å². The fraction of sp³-hybridized carbons (Fsp3) is 0. The third-order valence-corrected chi connectivity index (χ3v) is 16.0. The van der Waals surface area contributed by atoms with Crippen LogP contribution in [0.5, 0.6) is 0 Å². The highest BCUT2D eigenvalue weighted by Gasteiger charge is 2.25. The first-order valence-electron chi connectivity index (χ1n) is 27.9. The predicted molar refractivity (Wildman–Crippen MR) is 338 cm³/mol. The van der Waals surface area contributed by atoms with Crippen molar-refractivity contribution in [2.24, 2.45) is 0 Å². The number of hydrogen-bond acceptors (Lipinski definition) is 8. The summed E-state index contributed by atoms with van der Waals surface area (Å²) < 4.78 is 6.74. The van der Waals surface area contributed by atoms with Crippen molar-refractivity contribution in [2.75, 3.05) is 0 Å². The van der Waals surface area contributed by atoms with Gasteiger partial charge in [0.05, 0.1) is 73.4 Å². The van der Waals surface area contributed by atoms with Gasteiger partial charge in [-0.05, 0) is 84.9 Å². The van der Waals surface area contributed by atoms with Gasteiger partial charge in [-0.1, -0.05) is 176 Å². The minimum Gasteiger partial charge on any atom is -0.309 e. The molecule has 11 heteroatoms. The zero-order valence-corrected chi connectivity index (χ0v) is 45.2. The maximum Gasteiger partial charge on any atom is 0.166 e. The Morgan fingerprint density at radius 2 is 0.529 bits per heavy atom. The lowest BCUT2D eigenvalue weighted by Crippen LogP contribution is -2.07. The summed E-state index contributed by atoms with van der Waals surface area (Å²) in [5, 5.41) is 27.6. The molecular weight excluding hydrogens is 1040 g/mol. The smallest absolute Gasteiger partial charge is 0.166 e. The third-order valence-electron chi connectivity index (χ3n) is 16.0. The topological polar surface area (TPSA) is 140 Å². The maximum atomic E-state index is 10.6. The van der Waals surface area contributed by atoms with Gasteiger partial charge in [0, 0.05) is 65.7 Å². The van der Waals surface area contributed by atoms with Crippen molar-refractivity contribution < 1.29 is 0 Å².